The quantitative estimate of drug-likeness (QED) is 0.332. The summed E-state index contributed by atoms with van der Waals surface area (Å²) < 4.78 is 0. The van der Waals surface area contributed by atoms with E-state index in [1.165, 1.54) is 12.1 Å². The van der Waals surface area contributed by atoms with Crippen molar-refractivity contribution in [3.05, 3.63) is 107 Å². The average Bonchev–Trinajstić information content (AvgIpc) is 3.15. The molecule has 1 heterocycles. The van der Waals surface area contributed by atoms with Crippen LogP contribution in [0.5, 0.6) is 0 Å². The summed E-state index contributed by atoms with van der Waals surface area (Å²) >= 11 is 6.04. The van der Waals surface area contributed by atoms with Gasteiger partial charge in [-0.1, -0.05) is 65.7 Å². The Hall–Kier alpha value is -4.23. The van der Waals surface area contributed by atoms with Gasteiger partial charge in [0.15, 0.2) is 0 Å². The third kappa shape index (κ3) is 5.47. The fourth-order valence-corrected chi connectivity index (χ4v) is 3.87. The van der Waals surface area contributed by atoms with Crippen molar-refractivity contribution < 1.29 is 19.2 Å². The predicted octanol–water partition coefficient (Wildman–Crippen LogP) is 4.17. The van der Waals surface area contributed by atoms with Crippen LogP contribution in [0.25, 0.3) is 6.08 Å². The van der Waals surface area contributed by atoms with Crippen molar-refractivity contribution in [2.75, 3.05) is 4.90 Å². The molecule has 0 aromatic heterocycles. The molecular weight excluding hydrogens is 466 g/mol. The smallest absolute Gasteiger partial charge is 0.269 e. The highest BCUT2D eigenvalue weighted by Crippen LogP contribution is 2.27. The van der Waals surface area contributed by atoms with Crippen LogP contribution in [0.1, 0.15) is 27.9 Å². The lowest BCUT2D eigenvalue weighted by Crippen LogP contribution is -2.54. The summed E-state index contributed by atoms with van der Waals surface area (Å²) in [6, 6.07) is 21.0. The van der Waals surface area contributed by atoms with Gasteiger partial charge in [-0.2, -0.15) is 0 Å². The third-order valence-corrected chi connectivity index (χ3v) is 5.73. The lowest BCUT2D eigenvalue weighted by molar-refractivity contribution is -0.136. The number of halogens is 1. The van der Waals surface area contributed by atoms with E-state index < -0.39 is 29.7 Å². The van der Waals surface area contributed by atoms with Gasteiger partial charge in [0.25, 0.3) is 17.7 Å². The van der Waals surface area contributed by atoms with Gasteiger partial charge in [-0.25, -0.2) is 9.91 Å². The molecule has 1 fully saturated rings. The molecule has 4 rings (SSSR count). The largest absolute Gasteiger partial charge is 0.274 e. The molecule has 1 saturated heterocycles. The second-order valence-electron chi connectivity index (χ2n) is 8.03. The number of nitrogens with one attached hydrogen (secondary N) is 1. The van der Waals surface area contributed by atoms with E-state index in [-0.39, 0.29) is 6.42 Å². The van der Waals surface area contributed by atoms with E-state index in [2.05, 4.69) is 5.43 Å². The van der Waals surface area contributed by atoms with Crippen LogP contribution in [0.2, 0.25) is 5.02 Å². The maximum atomic E-state index is 13.3. The van der Waals surface area contributed by atoms with Gasteiger partial charge in [0.1, 0.15) is 6.04 Å². The molecule has 1 N–H and O–H groups in total. The van der Waals surface area contributed by atoms with Crippen LogP contribution in [0.3, 0.4) is 0 Å². The Labute approximate surface area is 207 Å². The van der Waals surface area contributed by atoms with Crippen molar-refractivity contribution >= 4 is 47.0 Å². The predicted molar refractivity (Wildman–Crippen MR) is 133 cm³/mol. The number of imide groups is 1. The van der Waals surface area contributed by atoms with Crippen molar-refractivity contribution in [3.63, 3.8) is 0 Å². The highest BCUT2D eigenvalue weighted by molar-refractivity contribution is 6.31. The third-order valence-electron chi connectivity index (χ3n) is 5.49. The van der Waals surface area contributed by atoms with Crippen LogP contribution < -0.4 is 10.3 Å². The summed E-state index contributed by atoms with van der Waals surface area (Å²) in [7, 11) is 0. The van der Waals surface area contributed by atoms with Gasteiger partial charge >= 0.3 is 0 Å². The minimum Gasteiger partial charge on any atom is -0.274 e. The number of nitrogens with zero attached hydrogens (tertiary/aromatic N) is 2. The van der Waals surface area contributed by atoms with Gasteiger partial charge in [0.2, 0.25) is 5.91 Å². The Balaban J connectivity index is 1.63. The minimum absolute atomic E-state index is 0.287. The molecule has 1 atom stereocenters. The molecule has 0 aliphatic carbocycles. The summed E-state index contributed by atoms with van der Waals surface area (Å²) in [6.07, 6.45) is 2.54. The summed E-state index contributed by atoms with van der Waals surface area (Å²) in [5.74, 6) is -2.36. The second-order valence-corrected chi connectivity index (χ2v) is 8.46. The Morgan fingerprint density at radius 2 is 1.71 bits per heavy atom. The summed E-state index contributed by atoms with van der Waals surface area (Å²) in [5.41, 5.74) is 4.87. The molecule has 0 bridgehead atoms. The second kappa shape index (κ2) is 10.4. The number of hydrazine groups is 1. The van der Waals surface area contributed by atoms with Crippen molar-refractivity contribution in [1.82, 2.24) is 10.4 Å². The highest BCUT2D eigenvalue weighted by Gasteiger charge is 2.45. The van der Waals surface area contributed by atoms with Crippen LogP contribution >= 0.6 is 11.6 Å². The van der Waals surface area contributed by atoms with E-state index in [4.69, 9.17) is 11.6 Å². The van der Waals surface area contributed by atoms with Crippen molar-refractivity contribution in [2.24, 2.45) is 0 Å². The molecule has 3 aromatic rings. The molecule has 176 valence electrons. The van der Waals surface area contributed by atoms with E-state index >= 15 is 0 Å². The maximum absolute atomic E-state index is 13.3. The van der Waals surface area contributed by atoms with Crippen molar-refractivity contribution in [2.45, 2.75) is 19.4 Å². The van der Waals surface area contributed by atoms with Crippen molar-refractivity contribution in [1.29, 1.82) is 0 Å². The molecule has 7 nitrogen and oxygen atoms in total. The molecule has 4 amide bonds. The molecule has 1 unspecified atom stereocenters. The van der Waals surface area contributed by atoms with Crippen LogP contribution in [-0.2, 0) is 14.4 Å². The summed E-state index contributed by atoms with van der Waals surface area (Å²) in [5, 5.41) is 1.28. The fraction of sp³-hybridized carbons (Fsp3) is 0.111. The summed E-state index contributed by atoms with van der Waals surface area (Å²) in [6.45, 7) is 1.89. The average molecular weight is 488 g/mol. The topological polar surface area (TPSA) is 86.8 Å². The molecule has 35 heavy (non-hydrogen) atoms. The Bertz CT molecular complexity index is 1310. The molecule has 0 radical (unpaired) electrons. The molecule has 0 spiro atoms. The Kier molecular flexibility index (Phi) is 7.08. The number of rotatable bonds is 5. The first-order valence-corrected chi connectivity index (χ1v) is 11.3. The first kappa shape index (κ1) is 23.9. The number of carbonyl (C=O) groups is 4. The van der Waals surface area contributed by atoms with Gasteiger partial charge in [-0.05, 0) is 48.9 Å². The van der Waals surface area contributed by atoms with Crippen LogP contribution in [0.4, 0.5) is 5.69 Å². The Morgan fingerprint density at radius 1 is 1.00 bits per heavy atom. The lowest BCUT2D eigenvalue weighted by Gasteiger charge is -2.27. The van der Waals surface area contributed by atoms with E-state index in [9.17, 15) is 19.2 Å². The van der Waals surface area contributed by atoms with Crippen LogP contribution in [0.15, 0.2) is 84.9 Å². The number of hydrogen-bond donors (Lipinski definition) is 1. The fourth-order valence-electron chi connectivity index (χ4n) is 3.68. The van der Waals surface area contributed by atoms with E-state index in [0.29, 0.717) is 16.3 Å². The number of carbonyl (C=O) groups excluding carboxylic acids is 4. The van der Waals surface area contributed by atoms with Gasteiger partial charge < -0.3 is 0 Å². The van der Waals surface area contributed by atoms with E-state index in [0.717, 1.165) is 21.0 Å². The van der Waals surface area contributed by atoms with Crippen molar-refractivity contribution in [3.8, 4) is 0 Å². The molecular formula is C27H22ClN3O4. The van der Waals surface area contributed by atoms with Gasteiger partial charge in [-0.15, -0.1) is 0 Å². The van der Waals surface area contributed by atoms with Crippen LogP contribution in [-0.4, -0.2) is 34.7 Å². The number of benzene rings is 3. The first-order valence-electron chi connectivity index (χ1n) is 10.9. The molecule has 8 heteroatoms. The SMILES string of the molecule is Cc1ccc(C(=O)NN(C(=O)C=Cc2ccccc2)C2CC(=O)N(c3cccc(Cl)c3)C2=O)cc1. The molecule has 3 aromatic carbocycles. The molecule has 0 saturated carbocycles. The number of amides is 4. The Morgan fingerprint density at radius 3 is 2.40 bits per heavy atom. The van der Waals surface area contributed by atoms with Gasteiger partial charge in [-0.3, -0.25) is 24.6 Å². The zero-order valence-electron chi connectivity index (χ0n) is 18.9. The number of aryl methyl sites for hydroxylation is 1. The summed E-state index contributed by atoms with van der Waals surface area (Å²) in [4.78, 5) is 53.2. The first-order chi connectivity index (χ1) is 16.8. The normalized spacial score (nSPS) is 15.5. The molecule has 1 aliphatic heterocycles. The lowest BCUT2D eigenvalue weighted by atomic mass is 10.1. The monoisotopic (exact) mass is 487 g/mol. The standard InChI is InChI=1S/C27H22ClN3O4/c1-18-10-13-20(14-11-18)26(34)29-31(24(32)15-12-19-6-3-2-4-7-19)23-17-25(33)30(27(23)35)22-9-5-8-21(28)16-22/h2-16,23H,17H2,1H3,(H,29,34). The molecule has 1 aliphatic rings. The van der Waals surface area contributed by atoms with E-state index in [1.807, 2.05) is 37.3 Å². The van der Waals surface area contributed by atoms with Crippen LogP contribution in [0, 0.1) is 6.92 Å². The highest BCUT2D eigenvalue weighted by atomic mass is 35.5. The zero-order chi connectivity index (χ0) is 24.9. The number of anilines is 1. The minimum atomic E-state index is -1.22. The number of hydrogen-bond acceptors (Lipinski definition) is 4. The van der Waals surface area contributed by atoms with Gasteiger partial charge in [0, 0.05) is 16.7 Å². The van der Waals surface area contributed by atoms with E-state index in [1.54, 1.807) is 48.5 Å². The zero-order valence-corrected chi connectivity index (χ0v) is 19.6. The maximum Gasteiger partial charge on any atom is 0.269 e. The van der Waals surface area contributed by atoms with Gasteiger partial charge in [0.05, 0.1) is 12.1 Å².